The first kappa shape index (κ1) is 19.8. The Morgan fingerprint density at radius 1 is 1.14 bits per heavy atom. The van der Waals surface area contributed by atoms with Crippen LogP contribution in [0.15, 0.2) is 47.2 Å². The van der Waals surface area contributed by atoms with E-state index in [1.807, 2.05) is 0 Å². The van der Waals surface area contributed by atoms with Crippen LogP contribution in [0.25, 0.3) is 0 Å². The maximum Gasteiger partial charge on any atom is 0.353 e. The fourth-order valence-electron chi connectivity index (χ4n) is 2.36. The van der Waals surface area contributed by atoms with Crippen LogP contribution in [-0.4, -0.2) is 22.0 Å². The number of rotatable bonds is 6. The Balaban J connectivity index is 2.03. The minimum atomic E-state index is -0.668. The number of methoxy groups -OCH3 is 1. The van der Waals surface area contributed by atoms with Gasteiger partial charge in [0.05, 0.1) is 23.4 Å². The number of nitrogens with one attached hydrogen (secondary N) is 2. The average molecular weight is 469 g/mol. The van der Waals surface area contributed by atoms with E-state index in [9.17, 15) is 14.5 Å². The Hall–Kier alpha value is -2.98. The summed E-state index contributed by atoms with van der Waals surface area (Å²) in [6, 6.07) is 9.00. The molecule has 1 aromatic heterocycles. The molecule has 2 aromatic carbocycles. The Morgan fingerprint density at radius 3 is 2.43 bits per heavy atom. The number of nitrogens with zero attached hydrogens (tertiary/aromatic N) is 3. The van der Waals surface area contributed by atoms with Crippen LogP contribution in [0.4, 0.5) is 33.1 Å². The molecular weight excluding hydrogens is 457 g/mol. The highest BCUT2D eigenvalue weighted by Crippen LogP contribution is 2.36. The van der Waals surface area contributed by atoms with Gasteiger partial charge in [-0.2, -0.15) is 0 Å². The molecule has 0 aliphatic rings. The standard InChI is InChI=1S/C17H12BrClFN5O3/c1-28-14-5-3-10(19)7-13(14)24-17-15(25(26)27)16(21-8-22-17)23-12-4-2-9(18)6-11(12)20/h2-8H,1H3,(H2,21,22,23,24). The number of nitro groups is 1. The number of hydrogen-bond acceptors (Lipinski definition) is 7. The van der Waals surface area contributed by atoms with Gasteiger partial charge in [-0.15, -0.1) is 0 Å². The Kier molecular flexibility index (Phi) is 5.90. The third-order valence-electron chi connectivity index (χ3n) is 3.60. The van der Waals surface area contributed by atoms with E-state index >= 15 is 0 Å². The van der Waals surface area contributed by atoms with Crippen molar-refractivity contribution in [1.29, 1.82) is 0 Å². The van der Waals surface area contributed by atoms with Crippen LogP contribution >= 0.6 is 27.5 Å². The van der Waals surface area contributed by atoms with Gasteiger partial charge in [0, 0.05) is 9.50 Å². The van der Waals surface area contributed by atoms with E-state index in [0.717, 1.165) is 6.33 Å². The highest BCUT2D eigenvalue weighted by Gasteiger charge is 2.24. The summed E-state index contributed by atoms with van der Waals surface area (Å²) in [7, 11) is 1.45. The fourth-order valence-corrected chi connectivity index (χ4v) is 2.86. The predicted molar refractivity (Wildman–Crippen MR) is 107 cm³/mol. The van der Waals surface area contributed by atoms with Gasteiger partial charge in [-0.05, 0) is 36.4 Å². The van der Waals surface area contributed by atoms with Crippen LogP contribution in [-0.2, 0) is 0 Å². The molecule has 0 fully saturated rings. The molecule has 0 bridgehead atoms. The zero-order chi connectivity index (χ0) is 20.3. The average Bonchev–Trinajstić information content (AvgIpc) is 2.64. The maximum atomic E-state index is 14.1. The Morgan fingerprint density at radius 2 is 1.82 bits per heavy atom. The van der Waals surface area contributed by atoms with Crippen molar-refractivity contribution in [3.8, 4) is 5.75 Å². The van der Waals surface area contributed by atoms with Crippen molar-refractivity contribution in [3.63, 3.8) is 0 Å². The van der Waals surface area contributed by atoms with Crippen molar-refractivity contribution in [2.45, 2.75) is 0 Å². The highest BCUT2D eigenvalue weighted by molar-refractivity contribution is 9.10. The van der Waals surface area contributed by atoms with Gasteiger partial charge >= 0.3 is 5.69 Å². The van der Waals surface area contributed by atoms with Crippen molar-refractivity contribution in [1.82, 2.24) is 9.97 Å². The molecule has 11 heteroatoms. The molecule has 28 heavy (non-hydrogen) atoms. The van der Waals surface area contributed by atoms with Gasteiger partial charge in [-0.3, -0.25) is 10.1 Å². The molecule has 0 spiro atoms. The molecule has 1 heterocycles. The van der Waals surface area contributed by atoms with Crippen LogP contribution in [0, 0.1) is 15.9 Å². The summed E-state index contributed by atoms with van der Waals surface area (Å²) in [5.74, 6) is -0.482. The Bertz CT molecular complexity index is 1050. The summed E-state index contributed by atoms with van der Waals surface area (Å²) in [5.41, 5.74) is -0.0688. The number of anilines is 4. The smallest absolute Gasteiger partial charge is 0.353 e. The second-order valence-electron chi connectivity index (χ2n) is 5.40. The molecule has 0 saturated carbocycles. The predicted octanol–water partition coefficient (Wildman–Crippen LogP) is 5.44. The van der Waals surface area contributed by atoms with Crippen molar-refractivity contribution >= 4 is 56.2 Å². The molecule has 0 radical (unpaired) electrons. The van der Waals surface area contributed by atoms with E-state index in [0.29, 0.717) is 20.9 Å². The van der Waals surface area contributed by atoms with Crippen LogP contribution in [0.1, 0.15) is 0 Å². The molecule has 2 N–H and O–H groups in total. The maximum absolute atomic E-state index is 14.1. The van der Waals surface area contributed by atoms with Crippen molar-refractivity contribution in [2.24, 2.45) is 0 Å². The normalized spacial score (nSPS) is 10.4. The molecule has 3 aromatic rings. The van der Waals surface area contributed by atoms with Crippen LogP contribution in [0.2, 0.25) is 5.02 Å². The molecule has 0 amide bonds. The minimum Gasteiger partial charge on any atom is -0.495 e. The lowest BCUT2D eigenvalue weighted by Gasteiger charge is -2.13. The van der Waals surface area contributed by atoms with Gasteiger partial charge in [0.25, 0.3) is 0 Å². The number of benzene rings is 2. The van der Waals surface area contributed by atoms with Gasteiger partial charge in [0.1, 0.15) is 17.9 Å². The lowest BCUT2D eigenvalue weighted by molar-refractivity contribution is -0.383. The van der Waals surface area contributed by atoms with Crippen molar-refractivity contribution < 1.29 is 14.1 Å². The number of halogens is 3. The third kappa shape index (κ3) is 4.29. The summed E-state index contributed by atoms with van der Waals surface area (Å²) in [4.78, 5) is 18.8. The lowest BCUT2D eigenvalue weighted by atomic mass is 10.2. The second kappa shape index (κ2) is 8.36. The van der Waals surface area contributed by atoms with Crippen LogP contribution in [0.5, 0.6) is 5.75 Å². The van der Waals surface area contributed by atoms with E-state index in [2.05, 4.69) is 36.5 Å². The second-order valence-corrected chi connectivity index (χ2v) is 6.75. The molecule has 0 aliphatic carbocycles. The van der Waals surface area contributed by atoms with Gasteiger partial charge in [-0.1, -0.05) is 27.5 Å². The topological polar surface area (TPSA) is 102 Å². The molecular formula is C17H12BrClFN5O3. The first-order valence-electron chi connectivity index (χ1n) is 7.71. The fraction of sp³-hybridized carbons (Fsp3) is 0.0588. The largest absolute Gasteiger partial charge is 0.495 e. The molecule has 8 nitrogen and oxygen atoms in total. The van der Waals surface area contributed by atoms with Crippen LogP contribution in [0.3, 0.4) is 0 Å². The zero-order valence-corrected chi connectivity index (χ0v) is 16.6. The van der Waals surface area contributed by atoms with E-state index in [4.69, 9.17) is 16.3 Å². The number of aromatic nitrogens is 2. The van der Waals surface area contributed by atoms with Crippen molar-refractivity contribution in [3.05, 3.63) is 68.2 Å². The van der Waals surface area contributed by atoms with E-state index in [1.54, 1.807) is 18.2 Å². The lowest BCUT2D eigenvalue weighted by Crippen LogP contribution is -2.06. The minimum absolute atomic E-state index is 0.0243. The Labute approximate surface area is 172 Å². The summed E-state index contributed by atoms with van der Waals surface area (Å²) < 4.78 is 19.9. The summed E-state index contributed by atoms with van der Waals surface area (Å²) in [5, 5.41) is 17.5. The van der Waals surface area contributed by atoms with Crippen molar-refractivity contribution in [2.75, 3.05) is 17.7 Å². The van der Waals surface area contributed by atoms with E-state index in [1.165, 1.54) is 25.3 Å². The van der Waals surface area contributed by atoms with Gasteiger partial charge < -0.3 is 15.4 Å². The quantitative estimate of drug-likeness (QED) is 0.367. The highest BCUT2D eigenvalue weighted by atomic mass is 79.9. The summed E-state index contributed by atoms with van der Waals surface area (Å²) >= 11 is 9.14. The third-order valence-corrected chi connectivity index (χ3v) is 4.33. The van der Waals surface area contributed by atoms with Gasteiger partial charge in [0.15, 0.2) is 0 Å². The number of ether oxygens (including phenoxy) is 1. The molecule has 0 saturated heterocycles. The SMILES string of the molecule is COc1ccc(Cl)cc1Nc1ncnc(Nc2ccc(Br)cc2F)c1[N+](=O)[O-]. The molecule has 0 aliphatic heterocycles. The molecule has 0 unspecified atom stereocenters. The van der Waals surface area contributed by atoms with Gasteiger partial charge in [-0.25, -0.2) is 14.4 Å². The monoisotopic (exact) mass is 467 g/mol. The number of hydrogen-bond donors (Lipinski definition) is 2. The summed E-state index contributed by atoms with van der Waals surface area (Å²) in [6.07, 6.45) is 1.12. The van der Waals surface area contributed by atoms with Gasteiger partial charge in [0.2, 0.25) is 11.6 Å². The first-order chi connectivity index (χ1) is 13.4. The summed E-state index contributed by atoms with van der Waals surface area (Å²) in [6.45, 7) is 0. The zero-order valence-electron chi connectivity index (χ0n) is 14.2. The molecule has 0 atom stereocenters. The first-order valence-corrected chi connectivity index (χ1v) is 8.88. The van der Waals surface area contributed by atoms with E-state index in [-0.39, 0.29) is 17.3 Å². The molecule has 144 valence electrons. The van der Waals surface area contributed by atoms with Crippen LogP contribution < -0.4 is 15.4 Å². The molecule has 3 rings (SSSR count). The van der Waals surface area contributed by atoms with E-state index < -0.39 is 16.4 Å².